The van der Waals surface area contributed by atoms with Crippen LogP contribution in [0.4, 0.5) is 0 Å². The Morgan fingerprint density at radius 3 is 2.48 bits per heavy atom. The summed E-state index contributed by atoms with van der Waals surface area (Å²) in [4.78, 5) is 17.9. The van der Waals surface area contributed by atoms with Gasteiger partial charge in [0.25, 0.3) is 15.9 Å². The first-order valence-electron chi connectivity index (χ1n) is 16.1. The van der Waals surface area contributed by atoms with Gasteiger partial charge in [0.2, 0.25) is 5.89 Å². The van der Waals surface area contributed by atoms with Crippen LogP contribution >= 0.6 is 0 Å². The van der Waals surface area contributed by atoms with Gasteiger partial charge in [-0.15, -0.1) is 0 Å². The Balaban J connectivity index is 1.04. The van der Waals surface area contributed by atoms with Gasteiger partial charge in [0.1, 0.15) is 5.52 Å². The summed E-state index contributed by atoms with van der Waals surface area (Å²) in [5.74, 6) is 0.674. The molecule has 0 spiro atoms. The molecule has 2 heterocycles. The highest BCUT2D eigenvalue weighted by atomic mass is 32.2. The summed E-state index contributed by atoms with van der Waals surface area (Å²) in [5, 5.41) is 13.4. The molecule has 1 atom stereocenters. The van der Waals surface area contributed by atoms with Crippen LogP contribution in [0.1, 0.15) is 66.2 Å². The standard InChI is InChI=1S/C39H34N4O4S/c1-25(2)33-20-27(23-40)21-34-37(33)47-39(42-34)30-18-16-29(17-19-30)38(44)41-24-26-12-14-28(15-13-26)36-22-31-8-6-7-11-35(31)43(36)48(45,46)32-9-4-3-5-10-32/h3-11,14,16-22,25-26H,12-13,15,24H2,1-2H3,(H,41,44). The Kier molecular flexibility index (Phi) is 8.19. The van der Waals surface area contributed by atoms with Crippen LogP contribution in [-0.4, -0.2) is 29.8 Å². The van der Waals surface area contributed by atoms with Crippen LogP contribution in [0.2, 0.25) is 0 Å². The number of allylic oxidation sites excluding steroid dienone is 2. The SMILES string of the molecule is CC(C)c1cc(C#N)cc2nc(-c3ccc(C(=O)NCC4CC=C(c5cc6ccccc6n5S(=O)(=O)c5ccccc5)CC4)cc3)oc12. The topological polar surface area (TPSA) is 118 Å². The lowest BCUT2D eigenvalue weighted by Crippen LogP contribution is -2.30. The van der Waals surface area contributed by atoms with Gasteiger partial charge in [0.05, 0.1) is 27.7 Å². The Hall–Kier alpha value is -5.46. The van der Waals surface area contributed by atoms with Crippen molar-refractivity contribution in [2.75, 3.05) is 6.54 Å². The second kappa shape index (κ2) is 12.6. The van der Waals surface area contributed by atoms with Crippen molar-refractivity contribution in [2.45, 2.75) is 43.9 Å². The fourth-order valence-corrected chi connectivity index (χ4v) is 7.96. The van der Waals surface area contributed by atoms with E-state index >= 15 is 0 Å². The molecule has 7 rings (SSSR count). The van der Waals surface area contributed by atoms with Crippen molar-refractivity contribution in [3.8, 4) is 17.5 Å². The number of rotatable bonds is 8. The molecule has 0 saturated carbocycles. The summed E-state index contributed by atoms with van der Waals surface area (Å²) in [7, 11) is -3.81. The van der Waals surface area contributed by atoms with Crippen LogP contribution in [0.3, 0.4) is 0 Å². The van der Waals surface area contributed by atoms with E-state index in [0.717, 1.165) is 34.9 Å². The van der Waals surface area contributed by atoms with Crippen molar-refractivity contribution >= 4 is 43.5 Å². The molecule has 48 heavy (non-hydrogen) atoms. The zero-order valence-electron chi connectivity index (χ0n) is 26.7. The first-order valence-corrected chi connectivity index (χ1v) is 17.5. The molecule has 1 amide bonds. The van der Waals surface area contributed by atoms with E-state index in [1.165, 1.54) is 3.97 Å². The number of hydrogen-bond donors (Lipinski definition) is 1. The lowest BCUT2D eigenvalue weighted by Gasteiger charge is -2.23. The van der Waals surface area contributed by atoms with Crippen LogP contribution < -0.4 is 5.32 Å². The molecule has 0 saturated heterocycles. The molecule has 240 valence electrons. The van der Waals surface area contributed by atoms with Crippen molar-refractivity contribution in [1.82, 2.24) is 14.3 Å². The molecule has 1 aliphatic rings. The predicted molar refractivity (Wildman–Crippen MR) is 187 cm³/mol. The number of carbonyl (C=O) groups is 1. The summed E-state index contributed by atoms with van der Waals surface area (Å²) in [5.41, 5.74) is 6.40. The number of fused-ring (bicyclic) bond motifs is 2. The first-order chi connectivity index (χ1) is 23.2. The van der Waals surface area contributed by atoms with Crippen LogP contribution in [0.15, 0.2) is 112 Å². The quantitative estimate of drug-likeness (QED) is 0.176. The van der Waals surface area contributed by atoms with E-state index in [2.05, 4.69) is 22.4 Å². The number of oxazole rings is 1. The summed E-state index contributed by atoms with van der Waals surface area (Å²) in [6.45, 7) is 4.61. The molecule has 4 aromatic carbocycles. The number of aromatic nitrogens is 2. The third kappa shape index (κ3) is 5.80. The number of amides is 1. The number of nitrogens with one attached hydrogen (secondary N) is 1. The summed E-state index contributed by atoms with van der Waals surface area (Å²) < 4.78 is 35.2. The fraction of sp³-hybridized carbons (Fsp3) is 0.205. The molecule has 0 bridgehead atoms. The lowest BCUT2D eigenvalue weighted by molar-refractivity contribution is 0.0946. The van der Waals surface area contributed by atoms with Crippen LogP contribution in [0.25, 0.3) is 39.0 Å². The Morgan fingerprint density at radius 2 is 1.77 bits per heavy atom. The summed E-state index contributed by atoms with van der Waals surface area (Å²) in [6.07, 6.45) is 4.37. The van der Waals surface area contributed by atoms with Crippen LogP contribution in [0.5, 0.6) is 0 Å². The maximum Gasteiger partial charge on any atom is 0.268 e. The van der Waals surface area contributed by atoms with Gasteiger partial charge in [-0.1, -0.05) is 56.3 Å². The fourth-order valence-electron chi connectivity index (χ4n) is 6.40. The average molecular weight is 655 g/mol. The largest absolute Gasteiger partial charge is 0.436 e. The van der Waals surface area contributed by atoms with Crippen molar-refractivity contribution in [1.29, 1.82) is 5.26 Å². The molecule has 0 radical (unpaired) electrons. The lowest BCUT2D eigenvalue weighted by atomic mass is 9.88. The van der Waals surface area contributed by atoms with Crippen LogP contribution in [-0.2, 0) is 10.0 Å². The van der Waals surface area contributed by atoms with Gasteiger partial charge < -0.3 is 9.73 Å². The van der Waals surface area contributed by atoms with E-state index in [4.69, 9.17) is 4.42 Å². The van der Waals surface area contributed by atoms with Gasteiger partial charge in [-0.3, -0.25) is 4.79 Å². The maximum absolute atomic E-state index is 13.8. The molecule has 6 aromatic rings. The second-order valence-electron chi connectivity index (χ2n) is 12.5. The highest BCUT2D eigenvalue weighted by Gasteiger charge is 2.26. The van der Waals surface area contributed by atoms with Crippen LogP contribution in [0, 0.1) is 17.2 Å². The average Bonchev–Trinajstić information content (AvgIpc) is 3.73. The van der Waals surface area contributed by atoms with E-state index in [1.54, 1.807) is 48.5 Å². The molecule has 9 heteroatoms. The molecule has 1 unspecified atom stereocenters. The zero-order chi connectivity index (χ0) is 33.4. The molecule has 0 fully saturated rings. The third-order valence-corrected chi connectivity index (χ3v) is 10.8. The minimum absolute atomic E-state index is 0.163. The molecule has 1 N–H and O–H groups in total. The van der Waals surface area contributed by atoms with Gasteiger partial charge in [-0.25, -0.2) is 17.4 Å². The third-order valence-electron chi connectivity index (χ3n) is 9.01. The van der Waals surface area contributed by atoms with Gasteiger partial charge in [0, 0.05) is 28.6 Å². The molecule has 8 nitrogen and oxygen atoms in total. The zero-order valence-corrected chi connectivity index (χ0v) is 27.5. The molecule has 1 aliphatic carbocycles. The van der Waals surface area contributed by atoms with Crippen molar-refractivity contribution in [3.63, 3.8) is 0 Å². The number of hydrogen-bond acceptors (Lipinski definition) is 6. The Bertz CT molecular complexity index is 2340. The van der Waals surface area contributed by atoms with E-state index < -0.39 is 10.0 Å². The molecule has 2 aromatic heterocycles. The summed E-state index contributed by atoms with van der Waals surface area (Å²) in [6, 6.07) is 30.9. The highest BCUT2D eigenvalue weighted by molar-refractivity contribution is 7.90. The van der Waals surface area contributed by atoms with Crippen molar-refractivity contribution in [2.24, 2.45) is 5.92 Å². The Labute approximate surface area is 279 Å². The van der Waals surface area contributed by atoms with E-state index in [-0.39, 0.29) is 22.6 Å². The predicted octanol–water partition coefficient (Wildman–Crippen LogP) is 8.30. The minimum Gasteiger partial charge on any atom is -0.436 e. The van der Waals surface area contributed by atoms with Crippen molar-refractivity contribution in [3.05, 3.63) is 126 Å². The number of nitrogens with zero attached hydrogens (tertiary/aromatic N) is 3. The second-order valence-corrected chi connectivity index (χ2v) is 14.3. The maximum atomic E-state index is 13.8. The normalized spacial score (nSPS) is 15.0. The number of carbonyl (C=O) groups excluding carboxylic acids is 1. The molecular formula is C39H34N4O4S. The smallest absolute Gasteiger partial charge is 0.268 e. The Morgan fingerprint density at radius 1 is 1.02 bits per heavy atom. The number of para-hydroxylation sites is 1. The summed E-state index contributed by atoms with van der Waals surface area (Å²) >= 11 is 0. The number of benzene rings is 4. The minimum atomic E-state index is -3.81. The van der Waals surface area contributed by atoms with Gasteiger partial charge in [0.15, 0.2) is 5.58 Å². The van der Waals surface area contributed by atoms with E-state index in [0.29, 0.717) is 52.3 Å². The molecular weight excluding hydrogens is 621 g/mol. The van der Waals surface area contributed by atoms with Gasteiger partial charge >= 0.3 is 0 Å². The first kappa shape index (κ1) is 31.2. The monoisotopic (exact) mass is 654 g/mol. The number of nitriles is 1. The molecule has 0 aliphatic heterocycles. The van der Waals surface area contributed by atoms with Gasteiger partial charge in [-0.05, 0) is 97.3 Å². The highest BCUT2D eigenvalue weighted by Crippen LogP contribution is 2.36. The van der Waals surface area contributed by atoms with E-state index in [1.807, 2.05) is 62.4 Å². The van der Waals surface area contributed by atoms with Crippen molar-refractivity contribution < 1.29 is 17.6 Å². The van der Waals surface area contributed by atoms with Gasteiger partial charge in [-0.2, -0.15) is 5.26 Å². The van der Waals surface area contributed by atoms with E-state index in [9.17, 15) is 18.5 Å².